The van der Waals surface area contributed by atoms with E-state index in [4.69, 9.17) is 4.74 Å². The first-order valence-electron chi connectivity index (χ1n) is 8.21. The molecule has 2 aliphatic rings. The minimum atomic E-state index is 0.552. The van der Waals surface area contributed by atoms with Crippen LogP contribution >= 0.6 is 0 Å². The Hall–Kier alpha value is -0.120. The molecule has 0 aromatic rings. The van der Waals surface area contributed by atoms with E-state index in [1.807, 2.05) is 0 Å². The van der Waals surface area contributed by atoms with Crippen molar-refractivity contribution >= 4 is 0 Å². The molecule has 3 atom stereocenters. The van der Waals surface area contributed by atoms with Crippen molar-refractivity contribution in [1.82, 2.24) is 9.80 Å². The minimum Gasteiger partial charge on any atom is -0.380 e. The summed E-state index contributed by atoms with van der Waals surface area (Å²) in [5.41, 5.74) is 0. The zero-order valence-corrected chi connectivity index (χ0v) is 13.3. The average Bonchev–Trinajstić information content (AvgIpc) is 2.43. The van der Waals surface area contributed by atoms with E-state index in [0.717, 1.165) is 25.2 Å². The van der Waals surface area contributed by atoms with Crippen molar-refractivity contribution < 1.29 is 4.74 Å². The third-order valence-electron chi connectivity index (χ3n) is 4.92. The van der Waals surface area contributed by atoms with Gasteiger partial charge < -0.3 is 4.74 Å². The maximum atomic E-state index is 5.66. The number of nitrogens with zero attached hydrogens (tertiary/aromatic N) is 2. The molecule has 0 spiro atoms. The predicted molar refractivity (Wildman–Crippen MR) is 80.5 cm³/mol. The van der Waals surface area contributed by atoms with E-state index < -0.39 is 0 Å². The van der Waals surface area contributed by atoms with Crippen LogP contribution in [-0.4, -0.2) is 60.8 Å². The molecule has 0 amide bonds. The highest BCUT2D eigenvalue weighted by Crippen LogP contribution is 2.28. The topological polar surface area (TPSA) is 15.7 Å². The normalized spacial score (nSPS) is 31.4. The standard InChI is InChI=1S/C16H32N2O/c1-5-19-12-14(4)18-10-15-8-6-7-9-17(15)11-16(18)13(2)3/h13-16H,5-12H2,1-4H3. The molecule has 0 radical (unpaired) electrons. The van der Waals surface area contributed by atoms with Gasteiger partial charge in [0.05, 0.1) is 6.61 Å². The fourth-order valence-electron chi connectivity index (χ4n) is 3.72. The SMILES string of the molecule is CCOCC(C)N1CC2CCCCN2CC1C(C)C. The van der Waals surface area contributed by atoms with E-state index in [1.165, 1.54) is 38.9 Å². The minimum absolute atomic E-state index is 0.552. The fraction of sp³-hybridized carbons (Fsp3) is 1.00. The van der Waals surface area contributed by atoms with E-state index >= 15 is 0 Å². The Balaban J connectivity index is 2.01. The van der Waals surface area contributed by atoms with Crippen molar-refractivity contribution in [2.24, 2.45) is 5.92 Å². The lowest BCUT2D eigenvalue weighted by Crippen LogP contribution is -2.63. The summed E-state index contributed by atoms with van der Waals surface area (Å²) >= 11 is 0. The second-order valence-electron chi connectivity index (χ2n) is 6.66. The second kappa shape index (κ2) is 7.05. The molecule has 2 rings (SSSR count). The van der Waals surface area contributed by atoms with Gasteiger partial charge in [-0.2, -0.15) is 0 Å². The van der Waals surface area contributed by atoms with Crippen LogP contribution in [0.1, 0.15) is 47.0 Å². The summed E-state index contributed by atoms with van der Waals surface area (Å²) in [7, 11) is 0. The van der Waals surface area contributed by atoms with Gasteiger partial charge in [-0.3, -0.25) is 9.80 Å². The Morgan fingerprint density at radius 2 is 1.95 bits per heavy atom. The number of rotatable bonds is 5. The first-order chi connectivity index (χ1) is 9.13. The molecule has 3 heteroatoms. The highest BCUT2D eigenvalue weighted by Gasteiger charge is 2.37. The molecule has 3 unspecified atom stereocenters. The van der Waals surface area contributed by atoms with Gasteiger partial charge in [0.2, 0.25) is 0 Å². The molecule has 0 N–H and O–H groups in total. The number of ether oxygens (including phenoxy) is 1. The highest BCUT2D eigenvalue weighted by molar-refractivity contribution is 4.93. The molecule has 0 aromatic heterocycles. The van der Waals surface area contributed by atoms with Crippen LogP contribution in [0.4, 0.5) is 0 Å². The monoisotopic (exact) mass is 268 g/mol. The van der Waals surface area contributed by atoms with Crippen LogP contribution in [0.3, 0.4) is 0 Å². The van der Waals surface area contributed by atoms with Gasteiger partial charge in [-0.05, 0) is 39.2 Å². The summed E-state index contributed by atoms with van der Waals surface area (Å²) in [5, 5.41) is 0. The van der Waals surface area contributed by atoms with Crippen LogP contribution < -0.4 is 0 Å². The van der Waals surface area contributed by atoms with Crippen molar-refractivity contribution in [3.63, 3.8) is 0 Å². The largest absolute Gasteiger partial charge is 0.380 e. The summed E-state index contributed by atoms with van der Waals surface area (Å²) in [5.74, 6) is 0.729. The average molecular weight is 268 g/mol. The summed E-state index contributed by atoms with van der Waals surface area (Å²) in [6, 6.07) is 2.05. The summed E-state index contributed by atoms with van der Waals surface area (Å²) in [6.07, 6.45) is 4.21. The molecule has 0 saturated carbocycles. The lowest BCUT2D eigenvalue weighted by Gasteiger charge is -2.51. The predicted octanol–water partition coefficient (Wildman–Crippen LogP) is 2.61. The Morgan fingerprint density at radius 3 is 2.63 bits per heavy atom. The Bertz CT molecular complexity index is 269. The lowest BCUT2D eigenvalue weighted by atomic mass is 9.91. The molecule has 112 valence electrons. The molecule has 2 saturated heterocycles. The van der Waals surface area contributed by atoms with Crippen LogP contribution in [0, 0.1) is 5.92 Å². The van der Waals surface area contributed by atoms with E-state index in [2.05, 4.69) is 37.5 Å². The zero-order valence-electron chi connectivity index (χ0n) is 13.3. The third-order valence-corrected chi connectivity index (χ3v) is 4.92. The molecule has 3 nitrogen and oxygen atoms in total. The van der Waals surface area contributed by atoms with Crippen molar-refractivity contribution in [2.75, 3.05) is 32.8 Å². The molecular formula is C16H32N2O. The summed E-state index contributed by atoms with van der Waals surface area (Å²) in [6.45, 7) is 14.7. The third kappa shape index (κ3) is 3.71. The van der Waals surface area contributed by atoms with Crippen molar-refractivity contribution in [3.8, 4) is 0 Å². The number of hydrogen-bond acceptors (Lipinski definition) is 3. The van der Waals surface area contributed by atoms with Crippen LogP contribution in [0.15, 0.2) is 0 Å². The van der Waals surface area contributed by atoms with Gasteiger partial charge in [0.1, 0.15) is 0 Å². The molecule has 0 aliphatic carbocycles. The molecule has 2 aliphatic heterocycles. The zero-order chi connectivity index (χ0) is 13.8. The lowest BCUT2D eigenvalue weighted by molar-refractivity contribution is -0.0448. The number of piperidine rings is 1. The van der Waals surface area contributed by atoms with Gasteiger partial charge in [-0.15, -0.1) is 0 Å². The van der Waals surface area contributed by atoms with Crippen molar-refractivity contribution in [2.45, 2.75) is 65.1 Å². The van der Waals surface area contributed by atoms with Crippen LogP contribution in [0.25, 0.3) is 0 Å². The van der Waals surface area contributed by atoms with Crippen LogP contribution in [0.2, 0.25) is 0 Å². The summed E-state index contributed by atoms with van der Waals surface area (Å²) in [4.78, 5) is 5.48. The van der Waals surface area contributed by atoms with Gasteiger partial charge in [-0.25, -0.2) is 0 Å². The Morgan fingerprint density at radius 1 is 1.16 bits per heavy atom. The van der Waals surface area contributed by atoms with Gasteiger partial charge in [-0.1, -0.05) is 20.3 Å². The van der Waals surface area contributed by atoms with Gasteiger partial charge in [0, 0.05) is 37.8 Å². The highest BCUT2D eigenvalue weighted by atomic mass is 16.5. The molecule has 2 heterocycles. The molecular weight excluding hydrogens is 236 g/mol. The molecule has 2 fully saturated rings. The van der Waals surface area contributed by atoms with Gasteiger partial charge >= 0.3 is 0 Å². The van der Waals surface area contributed by atoms with Gasteiger partial charge in [0.25, 0.3) is 0 Å². The van der Waals surface area contributed by atoms with Crippen molar-refractivity contribution in [3.05, 3.63) is 0 Å². The van der Waals surface area contributed by atoms with E-state index in [1.54, 1.807) is 0 Å². The maximum Gasteiger partial charge on any atom is 0.0619 e. The first-order valence-corrected chi connectivity index (χ1v) is 8.21. The van der Waals surface area contributed by atoms with Crippen LogP contribution in [-0.2, 0) is 4.74 Å². The van der Waals surface area contributed by atoms with Gasteiger partial charge in [0.15, 0.2) is 0 Å². The van der Waals surface area contributed by atoms with Crippen molar-refractivity contribution in [1.29, 1.82) is 0 Å². The first kappa shape index (κ1) is 15.3. The Labute approximate surface area is 119 Å². The maximum absolute atomic E-state index is 5.66. The quantitative estimate of drug-likeness (QED) is 0.762. The molecule has 0 aromatic carbocycles. The second-order valence-corrected chi connectivity index (χ2v) is 6.66. The van der Waals surface area contributed by atoms with Crippen LogP contribution in [0.5, 0.6) is 0 Å². The number of fused-ring (bicyclic) bond motifs is 1. The van der Waals surface area contributed by atoms with E-state index in [9.17, 15) is 0 Å². The summed E-state index contributed by atoms with van der Waals surface area (Å²) < 4.78 is 5.66. The van der Waals surface area contributed by atoms with E-state index in [0.29, 0.717) is 12.1 Å². The fourth-order valence-corrected chi connectivity index (χ4v) is 3.72. The van der Waals surface area contributed by atoms with E-state index in [-0.39, 0.29) is 0 Å². The number of piperazine rings is 1. The smallest absolute Gasteiger partial charge is 0.0619 e. The molecule has 19 heavy (non-hydrogen) atoms. The number of hydrogen-bond donors (Lipinski definition) is 0. The Kier molecular flexibility index (Phi) is 5.67. The molecule has 0 bridgehead atoms.